The summed E-state index contributed by atoms with van der Waals surface area (Å²) in [6.45, 7) is 2.05. The molecule has 23 heavy (non-hydrogen) atoms. The largest absolute Gasteiger partial charge is 0.368 e. The summed E-state index contributed by atoms with van der Waals surface area (Å²) in [7, 11) is 0. The van der Waals surface area contributed by atoms with Crippen molar-refractivity contribution in [2.24, 2.45) is 10.7 Å². The summed E-state index contributed by atoms with van der Waals surface area (Å²) < 4.78 is 1.53. The van der Waals surface area contributed by atoms with Crippen LogP contribution in [0.5, 0.6) is 0 Å². The molecule has 1 aromatic heterocycles. The Balaban J connectivity index is 1.70. The van der Waals surface area contributed by atoms with Crippen molar-refractivity contribution in [1.82, 2.24) is 14.8 Å². The molecular formula is C17H16N6. The molecule has 0 fully saturated rings. The molecule has 0 bridgehead atoms. The Hall–Kier alpha value is -3.15. The van der Waals surface area contributed by atoms with Crippen LogP contribution in [0.4, 0.5) is 5.95 Å². The van der Waals surface area contributed by atoms with Crippen molar-refractivity contribution in [1.29, 1.82) is 0 Å². The van der Waals surface area contributed by atoms with Gasteiger partial charge in [0, 0.05) is 5.56 Å². The van der Waals surface area contributed by atoms with Crippen molar-refractivity contribution in [3.63, 3.8) is 0 Å². The van der Waals surface area contributed by atoms with Crippen LogP contribution in [-0.4, -0.2) is 20.7 Å². The molecule has 2 heterocycles. The molecular weight excluding hydrogens is 288 g/mol. The van der Waals surface area contributed by atoms with Crippen LogP contribution in [0.25, 0.3) is 11.4 Å². The highest BCUT2D eigenvalue weighted by Gasteiger charge is 2.23. The Morgan fingerprint density at radius 1 is 1.04 bits per heavy atom. The quantitative estimate of drug-likeness (QED) is 0.762. The molecule has 1 unspecified atom stereocenters. The van der Waals surface area contributed by atoms with Gasteiger partial charge in [-0.2, -0.15) is 9.67 Å². The van der Waals surface area contributed by atoms with E-state index in [9.17, 15) is 0 Å². The van der Waals surface area contributed by atoms with Gasteiger partial charge in [-0.3, -0.25) is 0 Å². The number of hydrogen-bond donors (Lipinski definition) is 2. The van der Waals surface area contributed by atoms with Crippen molar-refractivity contribution >= 4 is 11.9 Å². The SMILES string of the molecule is Cc1ccc(C2N=C(N)n3nc(-c4ccccc4)nc3N2)cc1. The van der Waals surface area contributed by atoms with Gasteiger partial charge in [0.15, 0.2) is 12.0 Å². The first-order valence-corrected chi connectivity index (χ1v) is 7.40. The van der Waals surface area contributed by atoms with Crippen LogP contribution >= 0.6 is 0 Å². The lowest BCUT2D eigenvalue weighted by Crippen LogP contribution is -2.32. The molecule has 0 saturated heterocycles. The summed E-state index contributed by atoms with van der Waals surface area (Å²) in [5, 5.41) is 7.71. The van der Waals surface area contributed by atoms with Crippen LogP contribution < -0.4 is 11.1 Å². The minimum Gasteiger partial charge on any atom is -0.368 e. The third-order valence-corrected chi connectivity index (χ3v) is 3.78. The Morgan fingerprint density at radius 3 is 2.52 bits per heavy atom. The molecule has 6 heteroatoms. The summed E-state index contributed by atoms with van der Waals surface area (Å²) in [6, 6.07) is 18.0. The van der Waals surface area contributed by atoms with Crippen molar-refractivity contribution in [3.05, 3.63) is 65.7 Å². The normalized spacial score (nSPS) is 16.4. The molecule has 0 saturated carbocycles. The first-order valence-electron chi connectivity index (χ1n) is 7.40. The van der Waals surface area contributed by atoms with Crippen LogP contribution in [0.1, 0.15) is 17.3 Å². The third kappa shape index (κ3) is 2.44. The fourth-order valence-electron chi connectivity index (χ4n) is 2.52. The Labute approximate surface area is 133 Å². The standard InChI is InChI=1S/C17H16N6/c1-11-7-9-13(10-8-11)14-19-16(18)23-17(20-14)21-15(22-23)12-5-3-2-4-6-12/h2-10,14H,1H3,(H2,18,19)(H,20,21,22). The van der Waals surface area contributed by atoms with Crippen molar-refractivity contribution in [2.45, 2.75) is 13.1 Å². The number of nitrogens with two attached hydrogens (primary N) is 1. The zero-order valence-electron chi connectivity index (χ0n) is 12.6. The summed E-state index contributed by atoms with van der Waals surface area (Å²) in [5.41, 5.74) is 9.25. The summed E-state index contributed by atoms with van der Waals surface area (Å²) >= 11 is 0. The topological polar surface area (TPSA) is 81.1 Å². The first kappa shape index (κ1) is 13.5. The molecule has 1 aliphatic heterocycles. The van der Waals surface area contributed by atoms with E-state index >= 15 is 0 Å². The zero-order valence-corrected chi connectivity index (χ0v) is 12.6. The van der Waals surface area contributed by atoms with E-state index in [-0.39, 0.29) is 6.17 Å². The smallest absolute Gasteiger partial charge is 0.231 e. The number of aliphatic imine (C=N–C) groups is 1. The number of aryl methyl sites for hydroxylation is 1. The highest BCUT2D eigenvalue weighted by Crippen LogP contribution is 2.26. The highest BCUT2D eigenvalue weighted by molar-refractivity contribution is 5.84. The molecule has 1 aliphatic rings. The molecule has 1 atom stereocenters. The van der Waals surface area contributed by atoms with Gasteiger partial charge in [-0.1, -0.05) is 60.2 Å². The van der Waals surface area contributed by atoms with E-state index in [2.05, 4.69) is 39.4 Å². The Bertz CT molecular complexity index is 864. The molecule has 0 radical (unpaired) electrons. The lowest BCUT2D eigenvalue weighted by molar-refractivity contribution is 0.751. The summed E-state index contributed by atoms with van der Waals surface area (Å²) in [6.07, 6.45) is -0.254. The Kier molecular flexibility index (Phi) is 3.08. The lowest BCUT2D eigenvalue weighted by Gasteiger charge is -2.21. The fourth-order valence-corrected chi connectivity index (χ4v) is 2.52. The fraction of sp³-hybridized carbons (Fsp3) is 0.118. The average Bonchev–Trinajstić information content (AvgIpc) is 3.01. The van der Waals surface area contributed by atoms with Gasteiger partial charge in [0.2, 0.25) is 11.9 Å². The van der Waals surface area contributed by atoms with Crippen LogP contribution in [0.2, 0.25) is 0 Å². The first-order chi connectivity index (χ1) is 11.2. The number of nitrogens with one attached hydrogen (secondary N) is 1. The van der Waals surface area contributed by atoms with E-state index in [4.69, 9.17) is 5.73 Å². The molecule has 4 rings (SSSR count). The van der Waals surface area contributed by atoms with Crippen LogP contribution in [0.15, 0.2) is 59.6 Å². The number of rotatable bonds is 2. The minimum absolute atomic E-state index is 0.254. The number of benzene rings is 2. The average molecular weight is 304 g/mol. The molecule has 3 aromatic rings. The lowest BCUT2D eigenvalue weighted by atomic mass is 10.1. The van der Waals surface area contributed by atoms with E-state index in [1.54, 1.807) is 0 Å². The maximum Gasteiger partial charge on any atom is 0.231 e. The molecule has 3 N–H and O–H groups in total. The molecule has 0 spiro atoms. The number of anilines is 1. The van der Waals surface area contributed by atoms with Gasteiger partial charge < -0.3 is 11.1 Å². The van der Waals surface area contributed by atoms with Gasteiger partial charge in [-0.25, -0.2) is 4.99 Å². The Morgan fingerprint density at radius 2 is 1.78 bits per heavy atom. The van der Waals surface area contributed by atoms with E-state index in [0.29, 0.717) is 17.7 Å². The summed E-state index contributed by atoms with van der Waals surface area (Å²) in [4.78, 5) is 9.02. The minimum atomic E-state index is -0.254. The van der Waals surface area contributed by atoms with Crippen LogP contribution in [0.3, 0.4) is 0 Å². The van der Waals surface area contributed by atoms with Crippen molar-refractivity contribution < 1.29 is 0 Å². The number of nitrogens with zero attached hydrogens (tertiary/aromatic N) is 4. The van der Waals surface area contributed by atoms with Gasteiger partial charge in [0.1, 0.15) is 0 Å². The van der Waals surface area contributed by atoms with E-state index in [1.807, 2.05) is 42.5 Å². The second-order valence-electron chi connectivity index (χ2n) is 5.48. The van der Waals surface area contributed by atoms with E-state index < -0.39 is 0 Å². The van der Waals surface area contributed by atoms with Crippen molar-refractivity contribution in [2.75, 3.05) is 5.32 Å². The van der Waals surface area contributed by atoms with Gasteiger partial charge in [-0.05, 0) is 12.5 Å². The number of hydrogen-bond acceptors (Lipinski definition) is 5. The number of fused-ring (bicyclic) bond motifs is 1. The predicted molar refractivity (Wildman–Crippen MR) is 90.0 cm³/mol. The molecule has 0 aliphatic carbocycles. The molecule has 114 valence electrons. The van der Waals surface area contributed by atoms with Crippen LogP contribution in [-0.2, 0) is 0 Å². The van der Waals surface area contributed by atoms with Gasteiger partial charge >= 0.3 is 0 Å². The second-order valence-corrected chi connectivity index (χ2v) is 5.48. The highest BCUT2D eigenvalue weighted by atomic mass is 15.5. The second kappa shape index (κ2) is 5.24. The molecule has 0 amide bonds. The molecule has 6 nitrogen and oxygen atoms in total. The predicted octanol–water partition coefficient (Wildman–Crippen LogP) is 2.54. The zero-order chi connectivity index (χ0) is 15.8. The van der Waals surface area contributed by atoms with Gasteiger partial charge in [0.25, 0.3) is 0 Å². The van der Waals surface area contributed by atoms with E-state index in [0.717, 1.165) is 11.1 Å². The van der Waals surface area contributed by atoms with Gasteiger partial charge in [-0.15, -0.1) is 5.10 Å². The van der Waals surface area contributed by atoms with Crippen LogP contribution in [0, 0.1) is 6.92 Å². The molecule has 2 aromatic carbocycles. The van der Waals surface area contributed by atoms with E-state index in [1.165, 1.54) is 10.2 Å². The third-order valence-electron chi connectivity index (χ3n) is 3.78. The monoisotopic (exact) mass is 304 g/mol. The summed E-state index contributed by atoms with van der Waals surface area (Å²) in [5.74, 6) is 1.55. The maximum atomic E-state index is 6.07. The number of aromatic nitrogens is 3. The van der Waals surface area contributed by atoms with Crippen molar-refractivity contribution in [3.8, 4) is 11.4 Å². The van der Waals surface area contributed by atoms with Gasteiger partial charge in [0.05, 0.1) is 0 Å². The maximum absolute atomic E-state index is 6.07.